The number of thiazole rings is 2. The molecule has 3 nitrogen and oxygen atoms in total. The molecular formula is C13H12BrN3S2. The van der Waals surface area contributed by atoms with E-state index in [1.54, 1.807) is 22.7 Å². The van der Waals surface area contributed by atoms with Crippen molar-refractivity contribution in [2.24, 2.45) is 0 Å². The van der Waals surface area contributed by atoms with Gasteiger partial charge in [0.05, 0.1) is 15.2 Å². The van der Waals surface area contributed by atoms with Gasteiger partial charge in [0, 0.05) is 28.5 Å². The van der Waals surface area contributed by atoms with Crippen LogP contribution in [0.1, 0.15) is 17.8 Å². The van der Waals surface area contributed by atoms with Gasteiger partial charge in [-0.3, -0.25) is 0 Å². The van der Waals surface area contributed by atoms with E-state index in [9.17, 15) is 0 Å². The second kappa shape index (κ2) is 5.56. The Morgan fingerprint density at radius 3 is 3.11 bits per heavy atom. The van der Waals surface area contributed by atoms with Crippen LogP contribution in [0.5, 0.6) is 0 Å². The zero-order chi connectivity index (χ0) is 13.2. The number of benzene rings is 1. The summed E-state index contributed by atoms with van der Waals surface area (Å²) in [5, 5.41) is 7.55. The van der Waals surface area contributed by atoms with E-state index in [0.717, 1.165) is 26.7 Å². The Morgan fingerprint density at radius 2 is 2.32 bits per heavy atom. The molecule has 0 amide bonds. The average Bonchev–Trinajstić information content (AvgIpc) is 3.04. The third-order valence-corrected chi connectivity index (χ3v) is 5.26. The number of fused-ring (bicyclic) bond motifs is 1. The van der Waals surface area contributed by atoms with Gasteiger partial charge in [0.1, 0.15) is 0 Å². The van der Waals surface area contributed by atoms with E-state index in [0.29, 0.717) is 5.92 Å². The molecule has 0 aliphatic heterocycles. The fraction of sp³-hybridized carbons (Fsp3) is 0.231. The van der Waals surface area contributed by atoms with E-state index in [4.69, 9.17) is 0 Å². The highest BCUT2D eigenvalue weighted by Gasteiger charge is 2.09. The summed E-state index contributed by atoms with van der Waals surface area (Å²) in [7, 11) is 0. The van der Waals surface area contributed by atoms with Gasteiger partial charge in [-0.25, -0.2) is 9.97 Å². The van der Waals surface area contributed by atoms with Crippen molar-refractivity contribution in [1.29, 1.82) is 0 Å². The van der Waals surface area contributed by atoms with Gasteiger partial charge in [-0.05, 0) is 18.2 Å². The first-order chi connectivity index (χ1) is 9.22. The minimum atomic E-state index is 0.402. The van der Waals surface area contributed by atoms with Crippen LogP contribution in [-0.2, 0) is 0 Å². The van der Waals surface area contributed by atoms with Crippen molar-refractivity contribution < 1.29 is 0 Å². The highest BCUT2D eigenvalue weighted by Crippen LogP contribution is 2.29. The SMILES string of the molecule is CC(CNc1nc2ccc(Br)cc2s1)c1nccs1. The van der Waals surface area contributed by atoms with Crippen molar-refractivity contribution in [3.63, 3.8) is 0 Å². The van der Waals surface area contributed by atoms with Crippen LogP contribution in [0.2, 0.25) is 0 Å². The number of hydrogen-bond acceptors (Lipinski definition) is 5. The lowest BCUT2D eigenvalue weighted by molar-refractivity contribution is 0.794. The minimum Gasteiger partial charge on any atom is -0.361 e. The van der Waals surface area contributed by atoms with Crippen LogP contribution in [-0.4, -0.2) is 16.5 Å². The molecule has 6 heteroatoms. The molecule has 1 aromatic carbocycles. The number of anilines is 1. The van der Waals surface area contributed by atoms with Crippen LogP contribution < -0.4 is 5.32 Å². The lowest BCUT2D eigenvalue weighted by Crippen LogP contribution is -2.09. The molecule has 0 saturated heterocycles. The fourth-order valence-corrected chi connectivity index (χ4v) is 3.90. The topological polar surface area (TPSA) is 37.8 Å². The largest absolute Gasteiger partial charge is 0.361 e. The van der Waals surface area contributed by atoms with Gasteiger partial charge in [-0.2, -0.15) is 0 Å². The van der Waals surface area contributed by atoms with Gasteiger partial charge in [0.25, 0.3) is 0 Å². The molecule has 98 valence electrons. The van der Waals surface area contributed by atoms with Crippen molar-refractivity contribution in [2.75, 3.05) is 11.9 Å². The summed E-state index contributed by atoms with van der Waals surface area (Å²) >= 11 is 6.86. The van der Waals surface area contributed by atoms with Crippen LogP contribution in [0.25, 0.3) is 10.2 Å². The van der Waals surface area contributed by atoms with Crippen molar-refractivity contribution in [3.05, 3.63) is 39.3 Å². The summed E-state index contributed by atoms with van der Waals surface area (Å²) < 4.78 is 2.28. The van der Waals surface area contributed by atoms with E-state index in [1.165, 1.54) is 4.70 Å². The third-order valence-electron chi connectivity index (χ3n) is 2.78. The highest BCUT2D eigenvalue weighted by atomic mass is 79.9. The molecule has 3 aromatic rings. The molecule has 2 aromatic heterocycles. The summed E-state index contributed by atoms with van der Waals surface area (Å²) in [6.07, 6.45) is 1.85. The molecule has 1 N–H and O–H groups in total. The summed E-state index contributed by atoms with van der Waals surface area (Å²) in [5.41, 5.74) is 1.04. The number of nitrogens with zero attached hydrogens (tertiary/aromatic N) is 2. The van der Waals surface area contributed by atoms with Crippen molar-refractivity contribution in [3.8, 4) is 0 Å². The second-order valence-corrected chi connectivity index (χ2v) is 7.16. The molecule has 2 heterocycles. The number of rotatable bonds is 4. The molecule has 0 radical (unpaired) electrons. The van der Waals surface area contributed by atoms with Gasteiger partial charge in [-0.15, -0.1) is 11.3 Å². The van der Waals surface area contributed by atoms with Gasteiger partial charge >= 0.3 is 0 Å². The normalized spacial score (nSPS) is 12.7. The predicted octanol–water partition coefficient (Wildman–Crippen LogP) is 4.73. The third kappa shape index (κ3) is 2.96. The number of nitrogens with one attached hydrogen (secondary N) is 1. The maximum Gasteiger partial charge on any atom is 0.183 e. The Bertz CT molecular complexity index is 678. The van der Waals surface area contributed by atoms with E-state index in [2.05, 4.69) is 44.2 Å². The van der Waals surface area contributed by atoms with Crippen molar-refractivity contribution in [2.45, 2.75) is 12.8 Å². The van der Waals surface area contributed by atoms with Crippen LogP contribution >= 0.6 is 38.6 Å². The Labute approximate surface area is 127 Å². The maximum absolute atomic E-state index is 4.58. The standard InChI is InChI=1S/C13H12BrN3S2/c1-8(12-15-4-5-18-12)7-16-13-17-10-3-2-9(14)6-11(10)19-13/h2-6,8H,7H2,1H3,(H,16,17). The Balaban J connectivity index is 1.71. The molecule has 0 aliphatic rings. The fourth-order valence-electron chi connectivity index (χ4n) is 1.78. The molecule has 0 saturated carbocycles. The zero-order valence-corrected chi connectivity index (χ0v) is 13.5. The van der Waals surface area contributed by atoms with E-state index in [-0.39, 0.29) is 0 Å². The van der Waals surface area contributed by atoms with Gasteiger partial charge < -0.3 is 5.32 Å². The maximum atomic E-state index is 4.58. The van der Waals surface area contributed by atoms with Crippen molar-refractivity contribution >= 4 is 54.0 Å². The summed E-state index contributed by atoms with van der Waals surface area (Å²) in [6.45, 7) is 3.03. The van der Waals surface area contributed by atoms with E-state index in [1.807, 2.05) is 23.7 Å². The molecule has 0 aliphatic carbocycles. The number of aromatic nitrogens is 2. The quantitative estimate of drug-likeness (QED) is 0.736. The number of hydrogen-bond donors (Lipinski definition) is 1. The van der Waals surface area contributed by atoms with E-state index >= 15 is 0 Å². The summed E-state index contributed by atoms with van der Waals surface area (Å²) in [4.78, 5) is 8.91. The van der Waals surface area contributed by atoms with Gasteiger partial charge in [0.15, 0.2) is 5.13 Å². The molecule has 1 atom stereocenters. The molecule has 1 unspecified atom stereocenters. The molecule has 0 bridgehead atoms. The summed E-state index contributed by atoms with van der Waals surface area (Å²) in [5.74, 6) is 0.402. The summed E-state index contributed by atoms with van der Waals surface area (Å²) in [6, 6.07) is 6.15. The molecule has 19 heavy (non-hydrogen) atoms. The highest BCUT2D eigenvalue weighted by molar-refractivity contribution is 9.10. The molecule has 3 rings (SSSR count). The van der Waals surface area contributed by atoms with Crippen LogP contribution in [0.3, 0.4) is 0 Å². The monoisotopic (exact) mass is 353 g/mol. The Morgan fingerprint density at radius 1 is 1.42 bits per heavy atom. The van der Waals surface area contributed by atoms with Gasteiger partial charge in [-0.1, -0.05) is 34.2 Å². The second-order valence-electron chi connectivity index (χ2n) is 4.28. The lowest BCUT2D eigenvalue weighted by atomic mass is 10.2. The van der Waals surface area contributed by atoms with Crippen LogP contribution in [0, 0.1) is 0 Å². The molecular weight excluding hydrogens is 342 g/mol. The first-order valence-electron chi connectivity index (χ1n) is 5.92. The smallest absolute Gasteiger partial charge is 0.183 e. The zero-order valence-electron chi connectivity index (χ0n) is 10.3. The predicted molar refractivity (Wildman–Crippen MR) is 86.3 cm³/mol. The Hall–Kier alpha value is -0.980. The Kier molecular flexibility index (Phi) is 3.81. The van der Waals surface area contributed by atoms with E-state index < -0.39 is 0 Å². The lowest BCUT2D eigenvalue weighted by Gasteiger charge is -2.08. The minimum absolute atomic E-state index is 0.402. The molecule has 0 fully saturated rings. The first-order valence-corrected chi connectivity index (χ1v) is 8.40. The van der Waals surface area contributed by atoms with Crippen LogP contribution in [0.4, 0.5) is 5.13 Å². The average molecular weight is 354 g/mol. The molecule has 0 spiro atoms. The van der Waals surface area contributed by atoms with Gasteiger partial charge in [0.2, 0.25) is 0 Å². The van der Waals surface area contributed by atoms with Crippen molar-refractivity contribution in [1.82, 2.24) is 9.97 Å². The van der Waals surface area contributed by atoms with Crippen LogP contribution in [0.15, 0.2) is 34.2 Å². The first kappa shape index (κ1) is 13.0. The number of halogens is 1.